The fraction of sp³-hybridized carbons (Fsp3) is 0.176. The highest BCUT2D eigenvalue weighted by Gasteiger charge is 2.04. The summed E-state index contributed by atoms with van der Waals surface area (Å²) in [5, 5.41) is 0. The molecule has 0 aliphatic heterocycles. The molecule has 0 aliphatic carbocycles. The first-order chi connectivity index (χ1) is 9.06. The minimum absolute atomic E-state index is 0.0298. The minimum atomic E-state index is 0.0298. The summed E-state index contributed by atoms with van der Waals surface area (Å²) >= 11 is 0. The van der Waals surface area contributed by atoms with Gasteiger partial charge in [-0.1, -0.05) is 12.1 Å². The van der Waals surface area contributed by atoms with Crippen molar-refractivity contribution in [3.05, 3.63) is 70.8 Å². The molecule has 19 heavy (non-hydrogen) atoms. The van der Waals surface area contributed by atoms with Gasteiger partial charge in [-0.05, 0) is 67.8 Å². The first kappa shape index (κ1) is 13.2. The van der Waals surface area contributed by atoms with Gasteiger partial charge in [-0.3, -0.25) is 9.59 Å². The summed E-state index contributed by atoms with van der Waals surface area (Å²) in [5.41, 5.74) is 3.32. The predicted octanol–water partition coefficient (Wildman–Crippen LogP) is 3.28. The molecule has 0 spiro atoms. The van der Waals surface area contributed by atoms with Crippen LogP contribution >= 0.6 is 0 Å². The number of Topliss-reactive ketones (excluding diaryl/α,β-unsaturated/α-hetero) is 2. The molecule has 2 rings (SSSR count). The summed E-state index contributed by atoms with van der Waals surface area (Å²) in [7, 11) is 0. The van der Waals surface area contributed by atoms with Crippen LogP contribution in [-0.2, 0) is 6.42 Å². The van der Waals surface area contributed by atoms with Crippen LogP contribution in [0.3, 0.4) is 0 Å². The Labute approximate surface area is 113 Å². The van der Waals surface area contributed by atoms with Gasteiger partial charge in [0.05, 0.1) is 0 Å². The standard InChI is InChI=1S/C17H14O2/c1-12(18)16-7-3-5-14(10-16)9-15-6-4-8-17(11-15)13(2)19/h5-8,10-11H,9H2,1-2H3. The Balaban J connectivity index is 2.26. The third kappa shape index (κ3) is 3.38. The topological polar surface area (TPSA) is 34.1 Å². The molecule has 0 unspecified atom stereocenters. The molecule has 0 atom stereocenters. The molecule has 0 fully saturated rings. The molecule has 2 aromatic rings. The van der Waals surface area contributed by atoms with E-state index in [1.807, 2.05) is 24.3 Å². The molecule has 0 N–H and O–H groups in total. The van der Waals surface area contributed by atoms with Gasteiger partial charge < -0.3 is 0 Å². The second kappa shape index (κ2) is 5.61. The summed E-state index contributed by atoms with van der Waals surface area (Å²) in [6.45, 7) is 3.08. The SMILES string of the molecule is CC(=O)c1c[c]cc(Cc2c[c]cc(C(C)=O)c2)c1. The van der Waals surface area contributed by atoms with Gasteiger partial charge in [0, 0.05) is 11.1 Å². The van der Waals surface area contributed by atoms with Gasteiger partial charge in [0.1, 0.15) is 0 Å². The molecule has 0 saturated heterocycles. The summed E-state index contributed by atoms with van der Waals surface area (Å²) < 4.78 is 0. The average molecular weight is 250 g/mol. The second-order valence-corrected chi connectivity index (χ2v) is 4.55. The van der Waals surface area contributed by atoms with E-state index in [9.17, 15) is 9.59 Å². The number of hydrogen-bond acceptors (Lipinski definition) is 2. The van der Waals surface area contributed by atoms with E-state index in [2.05, 4.69) is 12.1 Å². The second-order valence-electron chi connectivity index (χ2n) is 4.55. The van der Waals surface area contributed by atoms with Crippen LogP contribution in [0.1, 0.15) is 45.7 Å². The first-order valence-electron chi connectivity index (χ1n) is 6.08. The number of carbonyl (C=O) groups excluding carboxylic acids is 2. The van der Waals surface area contributed by atoms with Gasteiger partial charge in [0.15, 0.2) is 11.6 Å². The van der Waals surface area contributed by atoms with Crippen LogP contribution in [0.5, 0.6) is 0 Å². The zero-order valence-corrected chi connectivity index (χ0v) is 11.0. The lowest BCUT2D eigenvalue weighted by atomic mass is 9.99. The van der Waals surface area contributed by atoms with E-state index < -0.39 is 0 Å². The van der Waals surface area contributed by atoms with Gasteiger partial charge in [-0.15, -0.1) is 0 Å². The highest BCUT2D eigenvalue weighted by atomic mass is 16.1. The van der Waals surface area contributed by atoms with Crippen molar-refractivity contribution in [2.75, 3.05) is 0 Å². The van der Waals surface area contributed by atoms with E-state index in [-0.39, 0.29) is 11.6 Å². The number of hydrogen-bond donors (Lipinski definition) is 0. The van der Waals surface area contributed by atoms with Crippen molar-refractivity contribution in [2.45, 2.75) is 20.3 Å². The molecule has 0 aliphatic rings. The fourth-order valence-electron chi connectivity index (χ4n) is 1.89. The Kier molecular flexibility index (Phi) is 3.91. The van der Waals surface area contributed by atoms with Crippen molar-refractivity contribution in [3.63, 3.8) is 0 Å². The molecule has 0 bridgehead atoms. The van der Waals surface area contributed by atoms with E-state index in [0.717, 1.165) is 11.1 Å². The summed E-state index contributed by atoms with van der Waals surface area (Å²) in [6, 6.07) is 16.7. The molecule has 2 radical (unpaired) electrons. The maximum Gasteiger partial charge on any atom is 0.159 e. The summed E-state index contributed by atoms with van der Waals surface area (Å²) in [6.07, 6.45) is 0.662. The molecule has 2 heteroatoms. The Morgan fingerprint density at radius 1 is 0.842 bits per heavy atom. The number of benzene rings is 2. The van der Waals surface area contributed by atoms with Crippen molar-refractivity contribution in [1.82, 2.24) is 0 Å². The summed E-state index contributed by atoms with van der Waals surface area (Å²) in [5.74, 6) is 0.0595. The van der Waals surface area contributed by atoms with Crippen LogP contribution in [0.4, 0.5) is 0 Å². The zero-order valence-electron chi connectivity index (χ0n) is 11.0. The van der Waals surface area contributed by atoms with Gasteiger partial charge >= 0.3 is 0 Å². The van der Waals surface area contributed by atoms with Crippen molar-refractivity contribution in [1.29, 1.82) is 0 Å². The van der Waals surface area contributed by atoms with Crippen molar-refractivity contribution in [3.8, 4) is 0 Å². The van der Waals surface area contributed by atoms with Crippen molar-refractivity contribution >= 4 is 11.6 Å². The molecular weight excluding hydrogens is 236 g/mol. The van der Waals surface area contributed by atoms with E-state index in [1.165, 1.54) is 13.8 Å². The van der Waals surface area contributed by atoms with Crippen LogP contribution in [-0.4, -0.2) is 11.6 Å². The summed E-state index contributed by atoms with van der Waals surface area (Å²) in [4.78, 5) is 22.6. The van der Waals surface area contributed by atoms with Crippen molar-refractivity contribution in [2.24, 2.45) is 0 Å². The Bertz CT molecular complexity index is 571. The molecule has 0 saturated carbocycles. The third-order valence-electron chi connectivity index (χ3n) is 2.92. The monoisotopic (exact) mass is 250 g/mol. The zero-order chi connectivity index (χ0) is 13.8. The molecule has 0 heterocycles. The smallest absolute Gasteiger partial charge is 0.159 e. The lowest BCUT2D eigenvalue weighted by Crippen LogP contribution is -1.97. The number of ketones is 2. The van der Waals surface area contributed by atoms with Crippen molar-refractivity contribution < 1.29 is 9.59 Å². The highest BCUT2D eigenvalue weighted by Crippen LogP contribution is 2.13. The highest BCUT2D eigenvalue weighted by molar-refractivity contribution is 5.94. The quantitative estimate of drug-likeness (QED) is 0.780. The Morgan fingerprint density at radius 2 is 1.26 bits per heavy atom. The minimum Gasteiger partial charge on any atom is -0.295 e. The van der Waals surface area contributed by atoms with Gasteiger partial charge in [-0.25, -0.2) is 0 Å². The third-order valence-corrected chi connectivity index (χ3v) is 2.92. The number of carbonyl (C=O) groups is 2. The molecule has 0 aromatic heterocycles. The normalized spacial score (nSPS) is 10.2. The fourth-order valence-corrected chi connectivity index (χ4v) is 1.89. The van der Waals surface area contributed by atoms with Crippen LogP contribution < -0.4 is 0 Å². The van der Waals surface area contributed by atoms with Crippen LogP contribution in [0.15, 0.2) is 36.4 Å². The van der Waals surface area contributed by atoms with E-state index >= 15 is 0 Å². The van der Waals surface area contributed by atoms with Gasteiger partial charge in [0.2, 0.25) is 0 Å². The largest absolute Gasteiger partial charge is 0.295 e. The molecule has 2 nitrogen and oxygen atoms in total. The van der Waals surface area contributed by atoms with Crippen LogP contribution in [0.2, 0.25) is 0 Å². The lowest BCUT2D eigenvalue weighted by molar-refractivity contribution is 0.100. The van der Waals surface area contributed by atoms with Gasteiger partial charge in [-0.2, -0.15) is 0 Å². The lowest BCUT2D eigenvalue weighted by Gasteiger charge is -2.05. The predicted molar refractivity (Wildman–Crippen MR) is 73.4 cm³/mol. The maximum atomic E-state index is 11.3. The van der Waals surface area contributed by atoms with Gasteiger partial charge in [0.25, 0.3) is 0 Å². The number of rotatable bonds is 4. The molecular formula is C17H14O2. The first-order valence-corrected chi connectivity index (χ1v) is 6.08. The molecule has 94 valence electrons. The molecule has 0 amide bonds. The van der Waals surface area contributed by atoms with Crippen LogP contribution in [0.25, 0.3) is 0 Å². The maximum absolute atomic E-state index is 11.3. The van der Waals surface area contributed by atoms with Crippen LogP contribution in [0, 0.1) is 12.1 Å². The Hall–Kier alpha value is -2.22. The van der Waals surface area contributed by atoms with E-state index in [0.29, 0.717) is 17.5 Å². The Morgan fingerprint density at radius 3 is 1.63 bits per heavy atom. The van der Waals surface area contributed by atoms with E-state index in [1.54, 1.807) is 12.1 Å². The molecule has 2 aromatic carbocycles. The van der Waals surface area contributed by atoms with E-state index in [4.69, 9.17) is 0 Å². The average Bonchev–Trinajstić information content (AvgIpc) is 2.39.